The van der Waals surface area contributed by atoms with Gasteiger partial charge in [-0.25, -0.2) is 0 Å². The van der Waals surface area contributed by atoms with Gasteiger partial charge in [-0.2, -0.15) is 0 Å². The Kier molecular flexibility index (Phi) is 3.76. The van der Waals surface area contributed by atoms with Crippen molar-refractivity contribution in [3.63, 3.8) is 0 Å². The predicted octanol–water partition coefficient (Wildman–Crippen LogP) is 4.55. The summed E-state index contributed by atoms with van der Waals surface area (Å²) in [4.78, 5) is 10.7. The van der Waals surface area contributed by atoms with Crippen molar-refractivity contribution < 1.29 is 4.92 Å². The van der Waals surface area contributed by atoms with Gasteiger partial charge in [0.15, 0.2) is 0 Å². The Morgan fingerprint density at radius 3 is 2.11 bits per heavy atom. The second-order valence-corrected chi connectivity index (χ2v) is 4.39. The molecule has 0 aliphatic heterocycles. The van der Waals surface area contributed by atoms with Crippen LogP contribution in [0.3, 0.4) is 0 Å². The van der Waals surface area contributed by atoms with Gasteiger partial charge in [0.2, 0.25) is 0 Å². The quantitative estimate of drug-likeness (QED) is 0.457. The minimum atomic E-state index is -0.336. The molecule has 0 saturated heterocycles. The second kappa shape index (κ2) is 5.48. The molecule has 0 aliphatic carbocycles. The molecule has 0 fully saturated rings. The smallest absolute Gasteiger partial charge is 0.258 e. The Labute approximate surface area is 112 Å². The zero-order valence-corrected chi connectivity index (χ0v) is 11.0. The monoisotopic (exact) mass is 253 g/mol. The first-order valence-corrected chi connectivity index (χ1v) is 6.08. The van der Waals surface area contributed by atoms with Crippen molar-refractivity contribution in [3.05, 3.63) is 75.8 Å². The van der Waals surface area contributed by atoms with Gasteiger partial charge in [-0.15, -0.1) is 0 Å². The van der Waals surface area contributed by atoms with Gasteiger partial charge in [0.25, 0.3) is 5.69 Å². The summed E-state index contributed by atoms with van der Waals surface area (Å²) < 4.78 is 0. The summed E-state index contributed by atoms with van der Waals surface area (Å²) in [5.41, 5.74) is 3.88. The molecular weight excluding hydrogens is 238 g/mol. The van der Waals surface area contributed by atoms with Crippen LogP contribution in [0.5, 0.6) is 0 Å². The summed E-state index contributed by atoms with van der Waals surface area (Å²) in [7, 11) is 0. The number of allylic oxidation sites excluding steroid dienone is 2. The predicted molar refractivity (Wildman–Crippen MR) is 77.7 cm³/mol. The van der Waals surface area contributed by atoms with E-state index in [4.69, 9.17) is 0 Å². The number of nitro benzene ring substituents is 1. The van der Waals surface area contributed by atoms with Gasteiger partial charge in [-0.05, 0) is 36.6 Å². The van der Waals surface area contributed by atoms with Crippen molar-refractivity contribution in [3.8, 4) is 0 Å². The zero-order chi connectivity index (χ0) is 13.8. The molecule has 0 saturated carbocycles. The lowest BCUT2D eigenvalue weighted by molar-refractivity contribution is -0.385. The van der Waals surface area contributed by atoms with Crippen LogP contribution in [0.25, 0.3) is 11.1 Å². The largest absolute Gasteiger partial charge is 0.276 e. The lowest BCUT2D eigenvalue weighted by Gasteiger charge is -2.09. The van der Waals surface area contributed by atoms with Crippen molar-refractivity contribution >= 4 is 16.8 Å². The van der Waals surface area contributed by atoms with Crippen LogP contribution in [0.1, 0.15) is 25.0 Å². The second-order valence-electron chi connectivity index (χ2n) is 4.39. The molecule has 0 amide bonds. The third-order valence-electron chi connectivity index (χ3n) is 3.27. The van der Waals surface area contributed by atoms with Gasteiger partial charge in [-0.1, -0.05) is 42.5 Å². The molecule has 0 heterocycles. The van der Waals surface area contributed by atoms with Crippen LogP contribution < -0.4 is 0 Å². The van der Waals surface area contributed by atoms with E-state index < -0.39 is 0 Å². The highest BCUT2D eigenvalue weighted by Crippen LogP contribution is 2.31. The molecule has 0 spiro atoms. The van der Waals surface area contributed by atoms with Crippen LogP contribution in [0.15, 0.2) is 54.6 Å². The fourth-order valence-electron chi connectivity index (χ4n) is 2.06. The molecule has 2 aromatic carbocycles. The number of benzene rings is 2. The molecule has 96 valence electrons. The number of nitrogens with zero attached hydrogens (tertiary/aromatic N) is 1. The average molecular weight is 253 g/mol. The number of rotatable bonds is 3. The maximum Gasteiger partial charge on any atom is 0.276 e. The first-order valence-electron chi connectivity index (χ1n) is 6.08. The first kappa shape index (κ1) is 13.0. The lowest BCUT2D eigenvalue weighted by Crippen LogP contribution is -1.94. The maximum atomic E-state index is 11.1. The Morgan fingerprint density at radius 2 is 1.47 bits per heavy atom. The highest BCUT2D eigenvalue weighted by atomic mass is 16.6. The Balaban J connectivity index is 2.56. The molecule has 3 nitrogen and oxygen atoms in total. The minimum Gasteiger partial charge on any atom is -0.258 e. The topological polar surface area (TPSA) is 43.1 Å². The van der Waals surface area contributed by atoms with Gasteiger partial charge in [0, 0.05) is 6.07 Å². The van der Waals surface area contributed by atoms with Crippen LogP contribution >= 0.6 is 0 Å². The number of nitro groups is 1. The van der Waals surface area contributed by atoms with Gasteiger partial charge < -0.3 is 0 Å². The molecule has 0 aromatic heterocycles. The van der Waals surface area contributed by atoms with Crippen LogP contribution in [0.4, 0.5) is 5.69 Å². The van der Waals surface area contributed by atoms with E-state index in [1.165, 1.54) is 6.07 Å². The summed E-state index contributed by atoms with van der Waals surface area (Å²) in [6.45, 7) is 3.91. The SMILES string of the molecule is C/C(=C(\C)c1ccccc1[N+](=O)[O-])c1ccccc1. The summed E-state index contributed by atoms with van der Waals surface area (Å²) in [5, 5.41) is 11.1. The first-order chi connectivity index (χ1) is 9.11. The van der Waals surface area contributed by atoms with Gasteiger partial charge in [0.05, 0.1) is 10.5 Å². The van der Waals surface area contributed by atoms with E-state index in [1.54, 1.807) is 12.1 Å². The van der Waals surface area contributed by atoms with E-state index in [9.17, 15) is 10.1 Å². The van der Waals surface area contributed by atoms with Crippen LogP contribution in [0, 0.1) is 10.1 Å². The van der Waals surface area contributed by atoms with Gasteiger partial charge >= 0.3 is 0 Å². The van der Waals surface area contributed by atoms with E-state index >= 15 is 0 Å². The van der Waals surface area contributed by atoms with Crippen molar-refractivity contribution in [2.75, 3.05) is 0 Å². The van der Waals surface area contributed by atoms with E-state index in [0.29, 0.717) is 5.56 Å². The van der Waals surface area contributed by atoms with Crippen molar-refractivity contribution in [2.45, 2.75) is 13.8 Å². The molecule has 0 atom stereocenters. The lowest BCUT2D eigenvalue weighted by atomic mass is 9.96. The average Bonchev–Trinajstić information content (AvgIpc) is 2.46. The third kappa shape index (κ3) is 2.71. The molecule has 0 N–H and O–H groups in total. The van der Waals surface area contributed by atoms with Crippen LogP contribution in [-0.4, -0.2) is 4.92 Å². The maximum absolute atomic E-state index is 11.1. The summed E-state index contributed by atoms with van der Waals surface area (Å²) in [6, 6.07) is 16.7. The molecule has 19 heavy (non-hydrogen) atoms. The molecular formula is C16H15NO2. The van der Waals surface area contributed by atoms with Crippen molar-refractivity contribution in [1.29, 1.82) is 0 Å². The summed E-state index contributed by atoms with van der Waals surface area (Å²) in [5.74, 6) is 0. The molecule has 2 rings (SSSR count). The van der Waals surface area contributed by atoms with Crippen LogP contribution in [-0.2, 0) is 0 Å². The van der Waals surface area contributed by atoms with Crippen molar-refractivity contribution in [2.24, 2.45) is 0 Å². The van der Waals surface area contributed by atoms with Gasteiger partial charge in [0.1, 0.15) is 0 Å². The highest BCUT2D eigenvalue weighted by molar-refractivity contribution is 5.91. The van der Waals surface area contributed by atoms with E-state index in [2.05, 4.69) is 0 Å². The number of para-hydroxylation sites is 1. The Hall–Kier alpha value is -2.42. The number of hydrogen-bond donors (Lipinski definition) is 0. The Bertz CT molecular complexity index is 630. The van der Waals surface area contributed by atoms with E-state index in [0.717, 1.165) is 16.7 Å². The van der Waals surface area contributed by atoms with E-state index in [1.807, 2.05) is 50.2 Å². The van der Waals surface area contributed by atoms with E-state index in [-0.39, 0.29) is 10.6 Å². The molecule has 2 aromatic rings. The zero-order valence-electron chi connectivity index (χ0n) is 11.0. The molecule has 0 bridgehead atoms. The van der Waals surface area contributed by atoms with Crippen molar-refractivity contribution in [1.82, 2.24) is 0 Å². The standard InChI is InChI=1S/C16H15NO2/c1-12(14-8-4-3-5-9-14)13(2)15-10-6-7-11-16(15)17(18)19/h3-11H,1-2H3/b13-12-. The summed E-state index contributed by atoms with van der Waals surface area (Å²) in [6.07, 6.45) is 0. The molecule has 3 heteroatoms. The van der Waals surface area contributed by atoms with Crippen LogP contribution in [0.2, 0.25) is 0 Å². The summed E-state index contributed by atoms with van der Waals surface area (Å²) >= 11 is 0. The van der Waals surface area contributed by atoms with Gasteiger partial charge in [-0.3, -0.25) is 10.1 Å². The third-order valence-corrected chi connectivity index (χ3v) is 3.27. The molecule has 0 aliphatic rings. The fourth-order valence-corrected chi connectivity index (χ4v) is 2.06. The Morgan fingerprint density at radius 1 is 0.895 bits per heavy atom. The molecule has 0 radical (unpaired) electrons. The fraction of sp³-hybridized carbons (Fsp3) is 0.125. The highest BCUT2D eigenvalue weighted by Gasteiger charge is 2.15. The minimum absolute atomic E-state index is 0.148. The number of hydrogen-bond acceptors (Lipinski definition) is 2. The normalized spacial score (nSPS) is 11.9. The molecule has 0 unspecified atom stereocenters.